The minimum atomic E-state index is -0.148. The van der Waals surface area contributed by atoms with Crippen molar-refractivity contribution in [2.75, 3.05) is 0 Å². The molecule has 0 aromatic rings. The van der Waals surface area contributed by atoms with E-state index in [0.717, 1.165) is 0 Å². The quantitative estimate of drug-likeness (QED) is 0.506. The van der Waals surface area contributed by atoms with Crippen molar-refractivity contribution in [2.24, 2.45) is 5.73 Å². The Labute approximate surface area is 43.2 Å². The van der Waals surface area contributed by atoms with Gasteiger partial charge in [-0.3, -0.25) is 0 Å². The van der Waals surface area contributed by atoms with Crippen LogP contribution >= 0.6 is 0 Å². The van der Waals surface area contributed by atoms with Crippen LogP contribution in [0.4, 0.5) is 0 Å². The average Bonchev–Trinajstić information content (AvgIpc) is 1.68. The van der Waals surface area contributed by atoms with Crippen LogP contribution in [-0.2, 0) is 0 Å². The van der Waals surface area contributed by atoms with Gasteiger partial charge in [-0.15, -0.1) is 6.58 Å². The average molecular weight is 96.1 g/mol. The van der Waals surface area contributed by atoms with Gasteiger partial charge in [-0.05, 0) is 0 Å². The van der Waals surface area contributed by atoms with E-state index < -0.39 is 0 Å². The van der Waals surface area contributed by atoms with Gasteiger partial charge in [-0.25, -0.2) is 0 Å². The van der Waals surface area contributed by atoms with Gasteiger partial charge in [-0.1, -0.05) is 6.08 Å². The second kappa shape index (κ2) is 3.38. The summed E-state index contributed by atoms with van der Waals surface area (Å²) < 4.78 is 0. The maximum atomic E-state index is 7.99. The van der Waals surface area contributed by atoms with E-state index in [2.05, 4.69) is 6.58 Å². The lowest BCUT2D eigenvalue weighted by Gasteiger charge is -1.92. The largest absolute Gasteiger partial charge is 0.324 e. The van der Waals surface area contributed by atoms with Crippen LogP contribution in [0.1, 0.15) is 6.42 Å². The minimum Gasteiger partial charge on any atom is -0.324 e. The van der Waals surface area contributed by atoms with Crippen molar-refractivity contribution < 1.29 is 0 Å². The van der Waals surface area contributed by atoms with Crippen molar-refractivity contribution >= 4 is 0 Å². The Morgan fingerprint density at radius 3 is 2.71 bits per heavy atom. The Morgan fingerprint density at radius 1 is 2.00 bits per heavy atom. The van der Waals surface area contributed by atoms with E-state index in [1.54, 1.807) is 6.08 Å². The van der Waals surface area contributed by atoms with Crippen molar-refractivity contribution in [1.29, 1.82) is 5.26 Å². The third-order valence-corrected chi connectivity index (χ3v) is 0.630. The van der Waals surface area contributed by atoms with Crippen molar-refractivity contribution in [3.8, 4) is 6.07 Å². The summed E-state index contributed by atoms with van der Waals surface area (Å²) in [5.41, 5.74) is 5.24. The van der Waals surface area contributed by atoms with E-state index in [9.17, 15) is 0 Å². The standard InChI is InChI=1S/C5H8N2/c1-2-5(7)3-4-6/h2,5H,1,3,7H2/t5-/m0/s1. The van der Waals surface area contributed by atoms with Gasteiger partial charge in [0.2, 0.25) is 0 Å². The molecule has 2 heteroatoms. The molecule has 0 aromatic heterocycles. The van der Waals surface area contributed by atoms with Crippen LogP contribution in [0, 0.1) is 11.3 Å². The van der Waals surface area contributed by atoms with E-state index in [1.807, 2.05) is 6.07 Å². The van der Waals surface area contributed by atoms with E-state index >= 15 is 0 Å². The van der Waals surface area contributed by atoms with Crippen molar-refractivity contribution in [2.45, 2.75) is 12.5 Å². The molecule has 0 saturated heterocycles. The van der Waals surface area contributed by atoms with Gasteiger partial charge < -0.3 is 5.73 Å². The smallest absolute Gasteiger partial charge is 0.0641 e. The Morgan fingerprint density at radius 2 is 2.57 bits per heavy atom. The zero-order valence-electron chi connectivity index (χ0n) is 4.09. The molecule has 0 heterocycles. The van der Waals surface area contributed by atoms with Gasteiger partial charge in [0, 0.05) is 6.04 Å². The molecular formula is C5H8N2. The SMILES string of the molecule is C=C[C@H](N)CC#N. The Hall–Kier alpha value is -0.810. The Kier molecular flexibility index (Phi) is 2.99. The minimum absolute atomic E-state index is 0.148. The highest BCUT2D eigenvalue weighted by atomic mass is 14.6. The van der Waals surface area contributed by atoms with E-state index in [0.29, 0.717) is 6.42 Å². The highest BCUT2D eigenvalue weighted by molar-refractivity contribution is 4.89. The lowest BCUT2D eigenvalue weighted by Crippen LogP contribution is -2.14. The molecule has 0 amide bonds. The molecular weight excluding hydrogens is 88.1 g/mol. The molecule has 0 unspecified atom stereocenters. The van der Waals surface area contributed by atoms with Crippen LogP contribution in [-0.4, -0.2) is 6.04 Å². The molecule has 0 radical (unpaired) electrons. The Bertz CT molecular complexity index is 90.7. The molecule has 7 heavy (non-hydrogen) atoms. The van der Waals surface area contributed by atoms with Gasteiger partial charge >= 0.3 is 0 Å². The molecule has 0 aliphatic carbocycles. The summed E-state index contributed by atoms with van der Waals surface area (Å²) >= 11 is 0. The highest BCUT2D eigenvalue weighted by Crippen LogP contribution is 1.82. The summed E-state index contributed by atoms with van der Waals surface area (Å²) in [5.74, 6) is 0. The number of nitrogens with two attached hydrogens (primary N) is 1. The molecule has 0 saturated carbocycles. The summed E-state index contributed by atoms with van der Waals surface area (Å²) in [6, 6.07) is 1.77. The number of rotatable bonds is 2. The number of nitriles is 1. The molecule has 0 fully saturated rings. The zero-order chi connectivity index (χ0) is 5.70. The maximum Gasteiger partial charge on any atom is 0.0641 e. The normalized spacial score (nSPS) is 12.0. The summed E-state index contributed by atoms with van der Waals surface area (Å²) in [6.07, 6.45) is 1.92. The fourth-order valence-corrected chi connectivity index (χ4v) is 0.189. The summed E-state index contributed by atoms with van der Waals surface area (Å²) in [5, 5.41) is 7.99. The highest BCUT2D eigenvalue weighted by Gasteiger charge is 1.89. The molecule has 0 spiro atoms. The molecule has 38 valence electrons. The van der Waals surface area contributed by atoms with E-state index in [-0.39, 0.29) is 6.04 Å². The van der Waals surface area contributed by atoms with Gasteiger partial charge in [0.15, 0.2) is 0 Å². The van der Waals surface area contributed by atoms with Gasteiger partial charge in [0.05, 0.1) is 12.5 Å². The molecule has 1 atom stereocenters. The van der Waals surface area contributed by atoms with Crippen molar-refractivity contribution in [3.05, 3.63) is 12.7 Å². The van der Waals surface area contributed by atoms with Gasteiger partial charge in [-0.2, -0.15) is 5.26 Å². The zero-order valence-corrected chi connectivity index (χ0v) is 4.09. The van der Waals surface area contributed by atoms with Crippen LogP contribution in [0.5, 0.6) is 0 Å². The second-order valence-electron chi connectivity index (χ2n) is 1.26. The first kappa shape index (κ1) is 6.19. The maximum absolute atomic E-state index is 7.99. The van der Waals surface area contributed by atoms with E-state index in [4.69, 9.17) is 11.0 Å². The van der Waals surface area contributed by atoms with Crippen LogP contribution in [0.15, 0.2) is 12.7 Å². The van der Waals surface area contributed by atoms with Gasteiger partial charge in [0.25, 0.3) is 0 Å². The Balaban J connectivity index is 3.21. The van der Waals surface area contributed by atoms with Crippen molar-refractivity contribution in [3.63, 3.8) is 0 Å². The predicted molar refractivity (Wildman–Crippen MR) is 28.4 cm³/mol. The summed E-state index contributed by atoms with van der Waals surface area (Å²) in [6.45, 7) is 3.40. The first-order chi connectivity index (χ1) is 3.31. The van der Waals surface area contributed by atoms with Crippen LogP contribution in [0.2, 0.25) is 0 Å². The number of hydrogen-bond donors (Lipinski definition) is 1. The molecule has 2 nitrogen and oxygen atoms in total. The molecule has 0 rings (SSSR count). The molecule has 0 aliphatic heterocycles. The first-order valence-corrected chi connectivity index (χ1v) is 2.06. The fraction of sp³-hybridized carbons (Fsp3) is 0.400. The third kappa shape index (κ3) is 3.01. The van der Waals surface area contributed by atoms with Crippen LogP contribution in [0.25, 0.3) is 0 Å². The van der Waals surface area contributed by atoms with Crippen LogP contribution in [0.3, 0.4) is 0 Å². The number of hydrogen-bond acceptors (Lipinski definition) is 2. The fourth-order valence-electron chi connectivity index (χ4n) is 0.189. The number of nitrogens with zero attached hydrogens (tertiary/aromatic N) is 1. The second-order valence-corrected chi connectivity index (χ2v) is 1.26. The molecule has 0 aromatic carbocycles. The summed E-state index contributed by atoms with van der Waals surface area (Å²) in [4.78, 5) is 0. The molecule has 2 N–H and O–H groups in total. The third-order valence-electron chi connectivity index (χ3n) is 0.630. The predicted octanol–water partition coefficient (Wildman–Crippen LogP) is 0.413. The van der Waals surface area contributed by atoms with Gasteiger partial charge in [0.1, 0.15) is 0 Å². The molecule has 0 aliphatic rings. The summed E-state index contributed by atoms with van der Waals surface area (Å²) in [7, 11) is 0. The van der Waals surface area contributed by atoms with E-state index in [1.165, 1.54) is 0 Å². The monoisotopic (exact) mass is 96.1 g/mol. The molecule has 0 bridgehead atoms. The first-order valence-electron chi connectivity index (χ1n) is 2.06. The lowest BCUT2D eigenvalue weighted by molar-refractivity contribution is 0.845. The van der Waals surface area contributed by atoms with Crippen molar-refractivity contribution in [1.82, 2.24) is 0 Å². The lowest BCUT2D eigenvalue weighted by atomic mass is 10.2. The van der Waals surface area contributed by atoms with Crippen LogP contribution < -0.4 is 5.73 Å². The topological polar surface area (TPSA) is 49.8 Å².